The lowest BCUT2D eigenvalue weighted by molar-refractivity contribution is -0.119. The number of hydrogen-bond donors (Lipinski definition) is 0. The Bertz CT molecular complexity index is 256. The lowest BCUT2D eigenvalue weighted by Crippen LogP contribution is -2.44. The van der Waals surface area contributed by atoms with E-state index >= 15 is 0 Å². The predicted molar refractivity (Wildman–Crippen MR) is 71.0 cm³/mol. The highest BCUT2D eigenvalue weighted by atomic mass is 16.1. The highest BCUT2D eigenvalue weighted by Gasteiger charge is 2.37. The molecule has 17 heavy (non-hydrogen) atoms. The second-order valence-electron chi connectivity index (χ2n) is 6.46. The summed E-state index contributed by atoms with van der Waals surface area (Å²) in [7, 11) is 0. The van der Waals surface area contributed by atoms with Crippen molar-refractivity contribution in [2.24, 2.45) is 11.3 Å². The van der Waals surface area contributed by atoms with Crippen molar-refractivity contribution in [3.05, 3.63) is 0 Å². The molecular weight excluding hydrogens is 210 g/mol. The van der Waals surface area contributed by atoms with Gasteiger partial charge in [0.05, 0.1) is 0 Å². The third-order valence-corrected chi connectivity index (χ3v) is 4.80. The molecule has 1 atom stereocenters. The van der Waals surface area contributed by atoms with Crippen LogP contribution in [0.4, 0.5) is 0 Å². The van der Waals surface area contributed by atoms with Gasteiger partial charge in [-0.1, -0.05) is 33.1 Å². The molecule has 2 nitrogen and oxygen atoms in total. The molecule has 0 N–H and O–H groups in total. The Balaban J connectivity index is 2.00. The molecule has 1 aliphatic heterocycles. The Morgan fingerprint density at radius 3 is 2.53 bits per heavy atom. The first-order valence-corrected chi connectivity index (χ1v) is 7.37. The number of nitrogens with zero attached hydrogens (tertiary/aromatic N) is 1. The Morgan fingerprint density at radius 2 is 1.94 bits per heavy atom. The monoisotopic (exact) mass is 237 g/mol. The van der Waals surface area contributed by atoms with Gasteiger partial charge < -0.3 is 4.79 Å². The maximum Gasteiger partial charge on any atom is 0.127 e. The van der Waals surface area contributed by atoms with E-state index in [4.69, 9.17) is 0 Å². The third-order valence-electron chi connectivity index (χ3n) is 4.80. The van der Waals surface area contributed by atoms with Crippen molar-refractivity contribution in [3.8, 4) is 0 Å². The van der Waals surface area contributed by atoms with Crippen LogP contribution in [-0.2, 0) is 4.79 Å². The first-order chi connectivity index (χ1) is 8.17. The average Bonchev–Trinajstić information content (AvgIpc) is 2.78. The molecule has 2 fully saturated rings. The summed E-state index contributed by atoms with van der Waals surface area (Å²) in [5, 5.41) is 0. The SMILES string of the molecule is CC(C)C1CCCN1CC1(C=O)CCCCC1. The van der Waals surface area contributed by atoms with E-state index in [0.717, 1.165) is 25.3 Å². The summed E-state index contributed by atoms with van der Waals surface area (Å²) in [5.74, 6) is 0.727. The molecule has 0 aromatic rings. The molecule has 0 spiro atoms. The summed E-state index contributed by atoms with van der Waals surface area (Å²) >= 11 is 0. The molecule has 1 saturated heterocycles. The van der Waals surface area contributed by atoms with Crippen molar-refractivity contribution in [1.82, 2.24) is 4.90 Å². The van der Waals surface area contributed by atoms with Crippen LogP contribution in [0.5, 0.6) is 0 Å². The molecule has 0 aromatic carbocycles. The first kappa shape index (κ1) is 13.1. The van der Waals surface area contributed by atoms with E-state index in [1.165, 1.54) is 44.9 Å². The second kappa shape index (κ2) is 5.51. The van der Waals surface area contributed by atoms with Crippen LogP contribution in [0.2, 0.25) is 0 Å². The van der Waals surface area contributed by atoms with E-state index in [-0.39, 0.29) is 5.41 Å². The fourth-order valence-corrected chi connectivity index (χ4v) is 3.78. The minimum Gasteiger partial charge on any atom is -0.303 e. The van der Waals surface area contributed by atoms with Gasteiger partial charge in [-0.05, 0) is 38.1 Å². The summed E-state index contributed by atoms with van der Waals surface area (Å²) in [6.07, 6.45) is 9.99. The van der Waals surface area contributed by atoms with E-state index in [2.05, 4.69) is 18.7 Å². The Hall–Kier alpha value is -0.370. The van der Waals surface area contributed by atoms with Crippen LogP contribution in [0.15, 0.2) is 0 Å². The number of carbonyl (C=O) groups is 1. The van der Waals surface area contributed by atoms with Crippen LogP contribution in [-0.4, -0.2) is 30.3 Å². The molecule has 0 radical (unpaired) electrons. The number of carbonyl (C=O) groups excluding carboxylic acids is 1. The predicted octanol–water partition coefficient (Wildman–Crippen LogP) is 3.26. The lowest BCUT2D eigenvalue weighted by atomic mass is 9.74. The molecule has 1 saturated carbocycles. The Kier molecular flexibility index (Phi) is 4.24. The van der Waals surface area contributed by atoms with Gasteiger partial charge in [-0.15, -0.1) is 0 Å². The van der Waals surface area contributed by atoms with Crippen LogP contribution < -0.4 is 0 Å². The van der Waals surface area contributed by atoms with Crippen molar-refractivity contribution in [3.63, 3.8) is 0 Å². The molecule has 1 aliphatic carbocycles. The van der Waals surface area contributed by atoms with Crippen LogP contribution in [0, 0.1) is 11.3 Å². The standard InChI is InChI=1S/C15H27NO/c1-13(2)14-7-6-10-16(14)11-15(12-17)8-4-3-5-9-15/h12-14H,3-11H2,1-2H3. The smallest absolute Gasteiger partial charge is 0.127 e. The summed E-state index contributed by atoms with van der Waals surface area (Å²) < 4.78 is 0. The van der Waals surface area contributed by atoms with E-state index < -0.39 is 0 Å². The zero-order valence-corrected chi connectivity index (χ0v) is 11.5. The van der Waals surface area contributed by atoms with Gasteiger partial charge in [0.2, 0.25) is 0 Å². The fraction of sp³-hybridized carbons (Fsp3) is 0.933. The van der Waals surface area contributed by atoms with E-state index in [0.29, 0.717) is 6.04 Å². The zero-order valence-electron chi connectivity index (χ0n) is 11.5. The number of hydrogen-bond acceptors (Lipinski definition) is 2. The number of aldehydes is 1. The third kappa shape index (κ3) is 2.90. The van der Waals surface area contributed by atoms with Gasteiger partial charge in [-0.2, -0.15) is 0 Å². The summed E-state index contributed by atoms with van der Waals surface area (Å²) in [6.45, 7) is 6.87. The molecular formula is C15H27NO. The van der Waals surface area contributed by atoms with Gasteiger partial charge in [-0.25, -0.2) is 0 Å². The number of rotatable bonds is 4. The van der Waals surface area contributed by atoms with Gasteiger partial charge >= 0.3 is 0 Å². The zero-order chi connectivity index (χ0) is 12.3. The highest BCUT2D eigenvalue weighted by molar-refractivity contribution is 5.60. The molecule has 1 heterocycles. The van der Waals surface area contributed by atoms with Crippen LogP contribution in [0.3, 0.4) is 0 Å². The minimum absolute atomic E-state index is 0.00424. The molecule has 98 valence electrons. The summed E-state index contributed by atoms with van der Waals surface area (Å²) in [4.78, 5) is 14.1. The highest BCUT2D eigenvalue weighted by Crippen LogP contribution is 2.37. The fourth-order valence-electron chi connectivity index (χ4n) is 3.78. The van der Waals surface area contributed by atoms with Gasteiger partial charge in [0.25, 0.3) is 0 Å². The Morgan fingerprint density at radius 1 is 1.24 bits per heavy atom. The molecule has 0 bridgehead atoms. The van der Waals surface area contributed by atoms with Gasteiger partial charge in [0.1, 0.15) is 6.29 Å². The minimum atomic E-state index is -0.00424. The van der Waals surface area contributed by atoms with Gasteiger partial charge in [0.15, 0.2) is 0 Å². The first-order valence-electron chi connectivity index (χ1n) is 7.37. The van der Waals surface area contributed by atoms with Gasteiger partial charge in [0, 0.05) is 18.0 Å². The average molecular weight is 237 g/mol. The molecule has 2 rings (SSSR count). The number of likely N-dealkylation sites (tertiary alicyclic amines) is 1. The van der Waals surface area contributed by atoms with Crippen molar-refractivity contribution in [2.75, 3.05) is 13.1 Å². The summed E-state index contributed by atoms with van der Waals surface area (Å²) in [6, 6.07) is 0.716. The van der Waals surface area contributed by atoms with Crippen molar-refractivity contribution < 1.29 is 4.79 Å². The molecule has 2 aliphatic rings. The van der Waals surface area contributed by atoms with Crippen LogP contribution in [0.1, 0.15) is 58.8 Å². The molecule has 0 amide bonds. The van der Waals surface area contributed by atoms with Crippen LogP contribution in [0.25, 0.3) is 0 Å². The normalized spacial score (nSPS) is 29.7. The van der Waals surface area contributed by atoms with E-state index in [9.17, 15) is 4.79 Å². The lowest BCUT2D eigenvalue weighted by Gasteiger charge is -2.38. The Labute approximate surface area is 106 Å². The van der Waals surface area contributed by atoms with Crippen molar-refractivity contribution in [2.45, 2.75) is 64.8 Å². The topological polar surface area (TPSA) is 20.3 Å². The largest absolute Gasteiger partial charge is 0.303 e. The van der Waals surface area contributed by atoms with E-state index in [1.807, 2.05) is 0 Å². The van der Waals surface area contributed by atoms with Gasteiger partial charge in [-0.3, -0.25) is 4.90 Å². The second-order valence-corrected chi connectivity index (χ2v) is 6.46. The maximum atomic E-state index is 11.5. The van der Waals surface area contributed by atoms with Crippen molar-refractivity contribution in [1.29, 1.82) is 0 Å². The van der Waals surface area contributed by atoms with E-state index in [1.54, 1.807) is 0 Å². The maximum absolute atomic E-state index is 11.5. The molecule has 1 unspecified atom stereocenters. The van der Waals surface area contributed by atoms with Crippen molar-refractivity contribution >= 4 is 6.29 Å². The molecule has 0 aromatic heterocycles. The quantitative estimate of drug-likeness (QED) is 0.700. The van der Waals surface area contributed by atoms with Crippen LogP contribution >= 0.6 is 0 Å². The molecule has 2 heteroatoms. The summed E-state index contributed by atoms with van der Waals surface area (Å²) in [5.41, 5.74) is -0.00424.